The van der Waals surface area contributed by atoms with Gasteiger partial charge in [-0.2, -0.15) is 0 Å². The third-order valence-electron chi connectivity index (χ3n) is 3.46. The Morgan fingerprint density at radius 2 is 1.14 bits per heavy atom. The molecular weight excluding hydrogens is 448 g/mol. The fourth-order valence-electron chi connectivity index (χ4n) is 2.15. The van der Waals surface area contributed by atoms with Gasteiger partial charge in [0.05, 0.1) is 11.1 Å². The molecule has 1 aromatic heterocycles. The van der Waals surface area contributed by atoms with Crippen molar-refractivity contribution in [2.45, 2.75) is 0 Å². The van der Waals surface area contributed by atoms with Crippen molar-refractivity contribution in [1.82, 2.24) is 4.98 Å². The Morgan fingerprint density at radius 1 is 0.643 bits per heavy atom. The van der Waals surface area contributed by atoms with Gasteiger partial charge in [0.1, 0.15) is 5.69 Å². The van der Waals surface area contributed by atoms with Crippen molar-refractivity contribution in [1.29, 1.82) is 0 Å². The summed E-state index contributed by atoms with van der Waals surface area (Å²) in [6.45, 7) is 0. The summed E-state index contributed by atoms with van der Waals surface area (Å²) in [5.74, 6) is 0. The largest absolute Gasteiger partial charge is 0.276 e. The summed E-state index contributed by atoms with van der Waals surface area (Å²) in [6.07, 6.45) is 0. The minimum absolute atomic E-state index is 0.0281. The van der Waals surface area contributed by atoms with Crippen LogP contribution in [0.3, 0.4) is 0 Å². The first kappa shape index (κ1) is 22.0. The molecule has 0 saturated heterocycles. The minimum Gasteiger partial charge on any atom is -0.276 e. The Hall–Kier alpha value is -2.31. The number of pyridine rings is 1. The number of fused-ring (bicyclic) bond motifs is 1. The summed E-state index contributed by atoms with van der Waals surface area (Å²) >= 11 is 21.1. The van der Waals surface area contributed by atoms with Crippen molar-refractivity contribution < 1.29 is 19.2 Å². The molecule has 3 rings (SSSR count). The molecule has 142 valence electrons. The smallest absolute Gasteiger partial charge is 0.271 e. The molecule has 1 heterocycles. The van der Waals surface area contributed by atoms with Crippen LogP contribution in [-0.4, -0.2) is 26.0 Å². The minimum atomic E-state index is -0.797. The van der Waals surface area contributed by atoms with Gasteiger partial charge in [-0.15, -0.1) is 0 Å². The Bertz CT molecular complexity index is 995. The number of rotatable bonds is 4. The average Bonchev–Trinajstić information content (AvgIpc) is 2.67. The summed E-state index contributed by atoms with van der Waals surface area (Å²) in [4.78, 5) is 47.4. The predicted molar refractivity (Wildman–Crippen MR) is 109 cm³/mol. The van der Waals surface area contributed by atoms with E-state index < -0.39 is 21.0 Å². The zero-order valence-corrected chi connectivity index (χ0v) is 16.8. The monoisotopic (exact) mass is 455 g/mol. The number of hydrogen-bond acceptors (Lipinski definition) is 5. The first-order valence-electron chi connectivity index (χ1n) is 7.50. The van der Waals surface area contributed by atoms with Gasteiger partial charge >= 0.3 is 0 Å². The highest BCUT2D eigenvalue weighted by Gasteiger charge is 2.17. The Balaban J connectivity index is 0.000000209. The summed E-state index contributed by atoms with van der Waals surface area (Å²) in [5.41, 5.74) is 1.20. The van der Waals surface area contributed by atoms with Crippen LogP contribution in [0.15, 0.2) is 54.6 Å². The quantitative estimate of drug-likeness (QED) is 0.488. The second-order valence-electron chi connectivity index (χ2n) is 5.25. The molecule has 0 radical (unpaired) electrons. The van der Waals surface area contributed by atoms with E-state index >= 15 is 0 Å². The zero-order valence-electron chi connectivity index (χ0n) is 13.8. The maximum absolute atomic E-state index is 11.1. The van der Waals surface area contributed by atoms with Gasteiger partial charge in [-0.3, -0.25) is 19.2 Å². The molecular formula is C19H9Cl4NO4. The molecule has 28 heavy (non-hydrogen) atoms. The molecule has 0 unspecified atom stereocenters. The molecule has 0 amide bonds. The Labute approximate surface area is 179 Å². The van der Waals surface area contributed by atoms with Crippen LogP contribution in [-0.2, 0) is 0 Å². The van der Waals surface area contributed by atoms with Gasteiger partial charge in [0.15, 0.2) is 0 Å². The van der Waals surface area contributed by atoms with E-state index in [9.17, 15) is 19.2 Å². The van der Waals surface area contributed by atoms with E-state index in [0.717, 1.165) is 5.39 Å². The molecule has 5 nitrogen and oxygen atoms in total. The van der Waals surface area contributed by atoms with Crippen molar-refractivity contribution >= 4 is 78.3 Å². The molecule has 0 N–H and O–H groups in total. The van der Waals surface area contributed by atoms with Gasteiger partial charge in [0, 0.05) is 16.5 Å². The standard InChI is InChI=1S/C11H5Cl2NO2.C8H4Cl2O2/c12-10(15)7-5-6-3-1-2-4-8(6)14-9(7)11(13)16;9-7(11)5-1-2-6(4-3-5)8(10)12/h1-5H;1-4H. The van der Waals surface area contributed by atoms with E-state index in [1.54, 1.807) is 24.3 Å². The van der Waals surface area contributed by atoms with E-state index in [-0.39, 0.29) is 11.3 Å². The van der Waals surface area contributed by atoms with E-state index in [0.29, 0.717) is 16.6 Å². The van der Waals surface area contributed by atoms with Gasteiger partial charge in [-0.1, -0.05) is 18.2 Å². The highest BCUT2D eigenvalue weighted by molar-refractivity contribution is 6.72. The average molecular weight is 457 g/mol. The van der Waals surface area contributed by atoms with Crippen LogP contribution in [0.1, 0.15) is 41.6 Å². The first-order valence-corrected chi connectivity index (χ1v) is 9.01. The lowest BCUT2D eigenvalue weighted by atomic mass is 10.1. The molecule has 0 aliphatic rings. The van der Waals surface area contributed by atoms with Crippen molar-refractivity contribution in [3.05, 3.63) is 77.0 Å². The Kier molecular flexibility index (Phi) is 7.66. The number of aromatic nitrogens is 1. The fourth-order valence-corrected chi connectivity index (χ4v) is 2.69. The SMILES string of the molecule is O=C(Cl)c1cc2ccccc2nc1C(=O)Cl.O=C(Cl)c1ccc(C(=O)Cl)cc1. The molecule has 9 heteroatoms. The topological polar surface area (TPSA) is 81.2 Å². The molecule has 0 spiro atoms. The molecule has 0 saturated carbocycles. The lowest BCUT2D eigenvalue weighted by Crippen LogP contribution is -2.04. The van der Waals surface area contributed by atoms with Crippen LogP contribution in [0.2, 0.25) is 0 Å². The van der Waals surface area contributed by atoms with Crippen molar-refractivity contribution in [3.63, 3.8) is 0 Å². The molecule has 2 aromatic carbocycles. The van der Waals surface area contributed by atoms with Crippen LogP contribution in [0.25, 0.3) is 10.9 Å². The second kappa shape index (κ2) is 9.75. The lowest BCUT2D eigenvalue weighted by Gasteiger charge is -2.03. The first-order chi connectivity index (χ1) is 13.2. The summed E-state index contributed by atoms with van der Waals surface area (Å²) in [6, 6.07) is 14.4. The van der Waals surface area contributed by atoms with Gasteiger partial charge in [0.2, 0.25) is 0 Å². The molecule has 0 atom stereocenters. The van der Waals surface area contributed by atoms with E-state index in [1.807, 2.05) is 0 Å². The van der Waals surface area contributed by atoms with Gasteiger partial charge in [-0.05, 0) is 82.8 Å². The van der Waals surface area contributed by atoms with E-state index in [2.05, 4.69) is 4.98 Å². The third-order valence-corrected chi connectivity index (χ3v) is 4.28. The van der Waals surface area contributed by atoms with E-state index in [4.69, 9.17) is 46.4 Å². The molecule has 0 bridgehead atoms. The molecule has 3 aromatic rings. The number of hydrogen-bond donors (Lipinski definition) is 0. The number of carbonyl (C=O) groups is 4. The van der Waals surface area contributed by atoms with Gasteiger partial charge in [-0.25, -0.2) is 4.98 Å². The summed E-state index contributed by atoms with van der Waals surface area (Å²) in [7, 11) is 0. The fraction of sp³-hybridized carbons (Fsp3) is 0. The highest BCUT2D eigenvalue weighted by Crippen LogP contribution is 2.19. The van der Waals surface area contributed by atoms with E-state index in [1.165, 1.54) is 30.3 Å². The van der Waals surface area contributed by atoms with Crippen LogP contribution in [0.5, 0.6) is 0 Å². The van der Waals surface area contributed by atoms with Gasteiger partial charge < -0.3 is 0 Å². The van der Waals surface area contributed by atoms with Gasteiger partial charge in [0.25, 0.3) is 21.0 Å². The number of benzene rings is 2. The van der Waals surface area contributed by atoms with Crippen LogP contribution < -0.4 is 0 Å². The number of carbonyl (C=O) groups excluding carboxylic acids is 4. The predicted octanol–water partition coefficient (Wildman–Crippen LogP) is 5.44. The lowest BCUT2D eigenvalue weighted by molar-refractivity contribution is 0.104. The number of nitrogens with zero attached hydrogens (tertiary/aromatic N) is 1. The van der Waals surface area contributed by atoms with Crippen molar-refractivity contribution in [2.75, 3.05) is 0 Å². The normalized spacial score (nSPS) is 10.0. The van der Waals surface area contributed by atoms with Crippen molar-refractivity contribution in [2.24, 2.45) is 0 Å². The third kappa shape index (κ3) is 5.59. The Morgan fingerprint density at radius 3 is 1.57 bits per heavy atom. The molecule has 0 aliphatic carbocycles. The highest BCUT2D eigenvalue weighted by atomic mass is 35.5. The van der Waals surface area contributed by atoms with Crippen LogP contribution in [0, 0.1) is 0 Å². The second-order valence-corrected chi connectivity index (χ2v) is 6.62. The summed E-state index contributed by atoms with van der Waals surface area (Å²) in [5, 5.41) is -1.92. The van der Waals surface area contributed by atoms with Crippen LogP contribution in [0.4, 0.5) is 0 Å². The maximum atomic E-state index is 11.1. The maximum Gasteiger partial charge on any atom is 0.271 e. The molecule has 0 aliphatic heterocycles. The number of halogens is 4. The molecule has 0 fully saturated rings. The zero-order chi connectivity index (χ0) is 20.8. The van der Waals surface area contributed by atoms with Crippen molar-refractivity contribution in [3.8, 4) is 0 Å². The number of para-hydroxylation sites is 1. The summed E-state index contributed by atoms with van der Waals surface area (Å²) < 4.78 is 0. The van der Waals surface area contributed by atoms with Crippen LogP contribution >= 0.6 is 46.4 Å².